The molecule has 0 spiro atoms. The molecule has 0 heterocycles. The van der Waals surface area contributed by atoms with Crippen LogP contribution < -0.4 is 5.32 Å². The molecule has 0 aromatic heterocycles. The van der Waals surface area contributed by atoms with E-state index in [4.69, 9.17) is 5.11 Å². The number of nitrogens with one attached hydrogen (secondary N) is 1. The second-order valence-corrected chi connectivity index (χ2v) is 5.27. The van der Waals surface area contributed by atoms with Gasteiger partial charge in [-0.2, -0.15) is 0 Å². The summed E-state index contributed by atoms with van der Waals surface area (Å²) in [6.07, 6.45) is 6.95. The van der Waals surface area contributed by atoms with E-state index in [0.29, 0.717) is 17.5 Å². The number of carbonyl (C=O) groups is 1. The zero-order valence-corrected chi connectivity index (χ0v) is 10.4. The third-order valence-electron chi connectivity index (χ3n) is 4.27. The fourth-order valence-electron chi connectivity index (χ4n) is 3.11. The first kappa shape index (κ1) is 11.3. The number of carboxylic acid groups (broad SMARTS) is 1. The first-order chi connectivity index (χ1) is 8.66. The van der Waals surface area contributed by atoms with E-state index in [0.717, 1.165) is 17.2 Å². The SMILES string of the molecule is Cc1c(NC2CC3CC=CC32)cccc1C(=O)O. The van der Waals surface area contributed by atoms with Crippen molar-refractivity contribution in [3.63, 3.8) is 0 Å². The second kappa shape index (κ2) is 4.16. The molecule has 0 bridgehead atoms. The highest BCUT2D eigenvalue weighted by molar-refractivity contribution is 5.91. The molecule has 3 atom stereocenters. The number of allylic oxidation sites excluding steroid dienone is 1. The average Bonchev–Trinajstić information content (AvgIpc) is 2.69. The molecule has 3 nitrogen and oxygen atoms in total. The first-order valence-corrected chi connectivity index (χ1v) is 6.43. The molecule has 3 heteroatoms. The van der Waals surface area contributed by atoms with Crippen LogP contribution >= 0.6 is 0 Å². The molecule has 0 saturated heterocycles. The van der Waals surface area contributed by atoms with Gasteiger partial charge in [0.15, 0.2) is 0 Å². The Bertz CT molecular complexity index is 521. The number of rotatable bonds is 3. The molecule has 2 aliphatic carbocycles. The van der Waals surface area contributed by atoms with Gasteiger partial charge in [-0.3, -0.25) is 0 Å². The van der Waals surface area contributed by atoms with Crippen molar-refractivity contribution in [1.82, 2.24) is 0 Å². The van der Waals surface area contributed by atoms with Gasteiger partial charge in [-0.1, -0.05) is 18.2 Å². The molecule has 0 amide bonds. The van der Waals surface area contributed by atoms with E-state index < -0.39 is 5.97 Å². The number of anilines is 1. The largest absolute Gasteiger partial charge is 0.478 e. The van der Waals surface area contributed by atoms with E-state index in [2.05, 4.69) is 17.5 Å². The maximum absolute atomic E-state index is 11.1. The predicted octanol–water partition coefficient (Wildman–Crippen LogP) is 3.07. The van der Waals surface area contributed by atoms with Gasteiger partial charge in [0.1, 0.15) is 0 Å². The zero-order chi connectivity index (χ0) is 12.7. The monoisotopic (exact) mass is 243 g/mol. The second-order valence-electron chi connectivity index (χ2n) is 5.27. The summed E-state index contributed by atoms with van der Waals surface area (Å²) in [7, 11) is 0. The topological polar surface area (TPSA) is 49.3 Å². The lowest BCUT2D eigenvalue weighted by molar-refractivity contribution is 0.0696. The highest BCUT2D eigenvalue weighted by Gasteiger charge is 2.41. The molecule has 1 saturated carbocycles. The Hall–Kier alpha value is -1.77. The van der Waals surface area contributed by atoms with Gasteiger partial charge < -0.3 is 10.4 Å². The molecule has 3 rings (SSSR count). The molecule has 1 aromatic rings. The van der Waals surface area contributed by atoms with Crippen LogP contribution in [0.15, 0.2) is 30.4 Å². The zero-order valence-electron chi connectivity index (χ0n) is 10.4. The van der Waals surface area contributed by atoms with E-state index in [1.807, 2.05) is 13.0 Å². The summed E-state index contributed by atoms with van der Waals surface area (Å²) in [4.78, 5) is 11.1. The van der Waals surface area contributed by atoms with Crippen molar-refractivity contribution in [2.24, 2.45) is 11.8 Å². The van der Waals surface area contributed by atoms with Gasteiger partial charge >= 0.3 is 5.97 Å². The number of hydrogen-bond acceptors (Lipinski definition) is 2. The Morgan fingerprint density at radius 3 is 3.00 bits per heavy atom. The van der Waals surface area contributed by atoms with Gasteiger partial charge in [0.25, 0.3) is 0 Å². The third kappa shape index (κ3) is 1.70. The van der Waals surface area contributed by atoms with Crippen LogP contribution in [0.5, 0.6) is 0 Å². The van der Waals surface area contributed by atoms with E-state index >= 15 is 0 Å². The molecule has 1 aromatic carbocycles. The smallest absolute Gasteiger partial charge is 0.336 e. The van der Waals surface area contributed by atoms with Crippen LogP contribution in [0.25, 0.3) is 0 Å². The van der Waals surface area contributed by atoms with Gasteiger partial charge in [-0.15, -0.1) is 0 Å². The maximum atomic E-state index is 11.1. The van der Waals surface area contributed by atoms with Crippen molar-refractivity contribution in [3.05, 3.63) is 41.5 Å². The molecule has 0 radical (unpaired) electrons. The van der Waals surface area contributed by atoms with Gasteiger partial charge in [-0.05, 0) is 43.4 Å². The van der Waals surface area contributed by atoms with Crippen molar-refractivity contribution in [2.75, 3.05) is 5.32 Å². The van der Waals surface area contributed by atoms with Crippen molar-refractivity contribution in [1.29, 1.82) is 0 Å². The quantitative estimate of drug-likeness (QED) is 0.802. The van der Waals surface area contributed by atoms with Crippen LogP contribution in [-0.2, 0) is 0 Å². The molecule has 2 aliphatic rings. The van der Waals surface area contributed by atoms with Crippen LogP contribution in [-0.4, -0.2) is 17.1 Å². The lowest BCUT2D eigenvalue weighted by Gasteiger charge is -2.41. The van der Waals surface area contributed by atoms with Crippen LogP contribution in [0, 0.1) is 18.8 Å². The normalized spacial score (nSPS) is 28.6. The summed E-state index contributed by atoms with van der Waals surface area (Å²) in [6.45, 7) is 1.87. The van der Waals surface area contributed by atoms with E-state index in [1.54, 1.807) is 12.1 Å². The lowest BCUT2D eigenvalue weighted by Crippen LogP contribution is -2.43. The van der Waals surface area contributed by atoms with Crippen LogP contribution in [0.3, 0.4) is 0 Å². The van der Waals surface area contributed by atoms with Gasteiger partial charge in [0.2, 0.25) is 0 Å². The summed E-state index contributed by atoms with van der Waals surface area (Å²) >= 11 is 0. The lowest BCUT2D eigenvalue weighted by atomic mass is 9.71. The summed E-state index contributed by atoms with van der Waals surface area (Å²) in [6, 6.07) is 5.89. The van der Waals surface area contributed by atoms with Crippen molar-refractivity contribution < 1.29 is 9.90 Å². The summed E-state index contributed by atoms with van der Waals surface area (Å²) in [5.74, 6) is 0.590. The fraction of sp³-hybridized carbons (Fsp3) is 0.400. The number of carboxylic acids is 1. The standard InChI is InChI=1S/C15H17NO2/c1-9-11(15(17)18)5-3-7-13(9)16-14-8-10-4-2-6-12(10)14/h2-3,5-7,10,12,14,16H,4,8H2,1H3,(H,17,18). The number of aromatic carboxylic acids is 1. The molecule has 2 N–H and O–H groups in total. The maximum Gasteiger partial charge on any atom is 0.336 e. The highest BCUT2D eigenvalue weighted by Crippen LogP contribution is 2.44. The summed E-state index contributed by atoms with van der Waals surface area (Å²) in [5, 5.41) is 12.6. The van der Waals surface area contributed by atoms with Crippen molar-refractivity contribution in [3.8, 4) is 0 Å². The molecular formula is C15H17NO2. The fourth-order valence-corrected chi connectivity index (χ4v) is 3.11. The molecule has 18 heavy (non-hydrogen) atoms. The van der Waals surface area contributed by atoms with Gasteiger partial charge in [0, 0.05) is 17.6 Å². The molecule has 94 valence electrons. The van der Waals surface area contributed by atoms with E-state index in [-0.39, 0.29) is 0 Å². The number of hydrogen-bond donors (Lipinski definition) is 2. The Morgan fingerprint density at radius 2 is 2.28 bits per heavy atom. The minimum absolute atomic E-state index is 0.387. The molecule has 3 unspecified atom stereocenters. The van der Waals surface area contributed by atoms with Gasteiger partial charge in [0.05, 0.1) is 5.56 Å². The van der Waals surface area contributed by atoms with Crippen LogP contribution in [0.1, 0.15) is 28.8 Å². The first-order valence-electron chi connectivity index (χ1n) is 6.43. The Kier molecular flexibility index (Phi) is 2.62. The average molecular weight is 243 g/mol. The Balaban J connectivity index is 1.79. The number of fused-ring (bicyclic) bond motifs is 1. The molecule has 0 aliphatic heterocycles. The Morgan fingerprint density at radius 1 is 1.44 bits per heavy atom. The van der Waals surface area contributed by atoms with Crippen LogP contribution in [0.2, 0.25) is 0 Å². The summed E-state index contributed by atoms with van der Waals surface area (Å²) in [5.41, 5.74) is 2.17. The third-order valence-corrected chi connectivity index (χ3v) is 4.27. The minimum atomic E-state index is -0.858. The Labute approximate surface area is 107 Å². The highest BCUT2D eigenvalue weighted by atomic mass is 16.4. The van der Waals surface area contributed by atoms with E-state index in [1.165, 1.54) is 12.8 Å². The van der Waals surface area contributed by atoms with E-state index in [9.17, 15) is 4.79 Å². The molecule has 1 fully saturated rings. The molecular weight excluding hydrogens is 226 g/mol. The van der Waals surface area contributed by atoms with Crippen molar-refractivity contribution in [2.45, 2.75) is 25.8 Å². The predicted molar refractivity (Wildman–Crippen MR) is 70.9 cm³/mol. The van der Waals surface area contributed by atoms with Gasteiger partial charge in [-0.25, -0.2) is 4.79 Å². The van der Waals surface area contributed by atoms with Crippen LogP contribution in [0.4, 0.5) is 5.69 Å². The van der Waals surface area contributed by atoms with Crippen molar-refractivity contribution >= 4 is 11.7 Å². The summed E-state index contributed by atoms with van der Waals surface area (Å²) < 4.78 is 0. The number of benzene rings is 1. The minimum Gasteiger partial charge on any atom is -0.478 e.